The SMILES string of the molecule is CN=C(NCCCCNc1ccccn1)N(C)Cc1ccccc1OC. The summed E-state index contributed by atoms with van der Waals surface area (Å²) in [5.74, 6) is 2.71. The molecule has 2 aromatic rings. The Morgan fingerprint density at radius 3 is 2.62 bits per heavy atom. The maximum Gasteiger partial charge on any atom is 0.193 e. The first-order chi connectivity index (χ1) is 12.7. The molecule has 2 rings (SSSR count). The molecule has 0 fully saturated rings. The number of ether oxygens (including phenoxy) is 1. The van der Waals surface area contributed by atoms with Gasteiger partial charge in [0.25, 0.3) is 0 Å². The number of rotatable bonds is 9. The van der Waals surface area contributed by atoms with Crippen LogP contribution >= 0.6 is 0 Å². The summed E-state index contributed by atoms with van der Waals surface area (Å²) in [6.45, 7) is 2.53. The highest BCUT2D eigenvalue weighted by atomic mass is 16.5. The van der Waals surface area contributed by atoms with Crippen LogP contribution in [0, 0.1) is 0 Å². The number of para-hydroxylation sites is 1. The van der Waals surface area contributed by atoms with Crippen molar-refractivity contribution in [1.29, 1.82) is 0 Å². The fourth-order valence-electron chi connectivity index (χ4n) is 2.68. The zero-order valence-corrected chi connectivity index (χ0v) is 15.9. The lowest BCUT2D eigenvalue weighted by Gasteiger charge is -2.23. The summed E-state index contributed by atoms with van der Waals surface area (Å²) >= 11 is 0. The van der Waals surface area contributed by atoms with Gasteiger partial charge in [-0.05, 0) is 31.0 Å². The van der Waals surface area contributed by atoms with Crippen molar-refractivity contribution in [3.05, 3.63) is 54.2 Å². The molecule has 0 bridgehead atoms. The van der Waals surface area contributed by atoms with E-state index in [0.29, 0.717) is 0 Å². The van der Waals surface area contributed by atoms with Gasteiger partial charge in [-0.2, -0.15) is 0 Å². The molecule has 140 valence electrons. The van der Waals surface area contributed by atoms with Gasteiger partial charge in [-0.25, -0.2) is 4.98 Å². The molecule has 1 aromatic carbocycles. The van der Waals surface area contributed by atoms with Crippen LogP contribution in [0.2, 0.25) is 0 Å². The molecule has 0 amide bonds. The topological polar surface area (TPSA) is 61.8 Å². The van der Waals surface area contributed by atoms with E-state index < -0.39 is 0 Å². The molecule has 0 unspecified atom stereocenters. The van der Waals surface area contributed by atoms with Crippen molar-refractivity contribution in [3.8, 4) is 5.75 Å². The highest BCUT2D eigenvalue weighted by molar-refractivity contribution is 5.79. The number of anilines is 1. The number of hydrogen-bond acceptors (Lipinski definition) is 4. The number of benzene rings is 1. The maximum atomic E-state index is 5.42. The van der Waals surface area contributed by atoms with Crippen LogP contribution in [0.25, 0.3) is 0 Å². The standard InChI is InChI=1S/C20H29N5O/c1-21-20(25(2)16-17-10-4-5-11-18(17)26-3)24-15-9-8-14-23-19-12-6-7-13-22-19/h4-7,10-13H,8-9,14-16H2,1-3H3,(H,21,24)(H,22,23). The van der Waals surface area contributed by atoms with Gasteiger partial charge < -0.3 is 20.3 Å². The zero-order valence-electron chi connectivity index (χ0n) is 15.9. The highest BCUT2D eigenvalue weighted by Crippen LogP contribution is 2.18. The molecule has 1 heterocycles. The van der Waals surface area contributed by atoms with Crippen LogP contribution in [0.4, 0.5) is 5.82 Å². The van der Waals surface area contributed by atoms with Gasteiger partial charge in [-0.15, -0.1) is 0 Å². The van der Waals surface area contributed by atoms with Crippen molar-refractivity contribution in [1.82, 2.24) is 15.2 Å². The van der Waals surface area contributed by atoms with Crippen LogP contribution in [0.5, 0.6) is 5.75 Å². The molecule has 26 heavy (non-hydrogen) atoms. The van der Waals surface area contributed by atoms with Gasteiger partial charge in [-0.3, -0.25) is 4.99 Å². The summed E-state index contributed by atoms with van der Waals surface area (Å²) in [7, 11) is 5.54. The average Bonchev–Trinajstić information content (AvgIpc) is 2.68. The molecule has 0 saturated carbocycles. The summed E-state index contributed by atoms with van der Waals surface area (Å²) in [6.07, 6.45) is 3.92. The van der Waals surface area contributed by atoms with Crippen LogP contribution in [-0.2, 0) is 6.54 Å². The number of nitrogens with one attached hydrogen (secondary N) is 2. The number of unbranched alkanes of at least 4 members (excludes halogenated alkanes) is 1. The number of aromatic nitrogens is 1. The van der Waals surface area contributed by atoms with Gasteiger partial charge in [0.1, 0.15) is 11.6 Å². The third-order valence-electron chi connectivity index (χ3n) is 4.03. The quantitative estimate of drug-likeness (QED) is 0.411. The first kappa shape index (κ1) is 19.6. The van der Waals surface area contributed by atoms with Gasteiger partial charge >= 0.3 is 0 Å². The van der Waals surface area contributed by atoms with Gasteiger partial charge in [0.2, 0.25) is 0 Å². The summed E-state index contributed by atoms with van der Waals surface area (Å²) in [4.78, 5) is 10.7. The molecule has 0 atom stereocenters. The van der Waals surface area contributed by atoms with Crippen LogP contribution < -0.4 is 15.4 Å². The second-order valence-corrected chi connectivity index (χ2v) is 5.99. The second-order valence-electron chi connectivity index (χ2n) is 5.99. The minimum atomic E-state index is 0.741. The summed E-state index contributed by atoms with van der Waals surface area (Å²) in [5, 5.41) is 6.74. The third kappa shape index (κ3) is 6.27. The Balaban J connectivity index is 1.70. The number of aliphatic imine (C=N–C) groups is 1. The van der Waals surface area contributed by atoms with Gasteiger partial charge in [0.15, 0.2) is 5.96 Å². The van der Waals surface area contributed by atoms with E-state index in [1.807, 2.05) is 50.5 Å². The molecule has 0 saturated heterocycles. The van der Waals surface area contributed by atoms with E-state index in [1.54, 1.807) is 13.3 Å². The van der Waals surface area contributed by atoms with E-state index in [-0.39, 0.29) is 0 Å². The summed E-state index contributed by atoms with van der Waals surface area (Å²) in [5.41, 5.74) is 1.14. The summed E-state index contributed by atoms with van der Waals surface area (Å²) < 4.78 is 5.42. The molecular formula is C20H29N5O. The normalized spacial score (nSPS) is 11.1. The Bertz CT molecular complexity index is 675. The van der Waals surface area contributed by atoms with Crippen LogP contribution in [-0.4, -0.2) is 50.1 Å². The van der Waals surface area contributed by atoms with E-state index >= 15 is 0 Å². The van der Waals surface area contributed by atoms with E-state index in [1.165, 1.54) is 0 Å². The minimum absolute atomic E-state index is 0.741. The Morgan fingerprint density at radius 2 is 1.88 bits per heavy atom. The van der Waals surface area contributed by atoms with Crippen LogP contribution in [0.15, 0.2) is 53.7 Å². The largest absolute Gasteiger partial charge is 0.496 e. The van der Waals surface area contributed by atoms with E-state index in [0.717, 1.165) is 55.6 Å². The molecule has 0 aliphatic rings. The van der Waals surface area contributed by atoms with Gasteiger partial charge in [0, 0.05) is 45.5 Å². The lowest BCUT2D eigenvalue weighted by Crippen LogP contribution is -2.39. The Labute approximate surface area is 156 Å². The Hall–Kier alpha value is -2.76. The van der Waals surface area contributed by atoms with Gasteiger partial charge in [-0.1, -0.05) is 24.3 Å². The molecule has 0 aliphatic carbocycles. The number of nitrogens with zero attached hydrogens (tertiary/aromatic N) is 3. The number of methoxy groups -OCH3 is 1. The van der Waals surface area contributed by atoms with Crippen molar-refractivity contribution in [3.63, 3.8) is 0 Å². The van der Waals surface area contributed by atoms with Crippen molar-refractivity contribution in [2.45, 2.75) is 19.4 Å². The van der Waals surface area contributed by atoms with E-state index in [4.69, 9.17) is 4.74 Å². The summed E-state index contributed by atoms with van der Waals surface area (Å²) in [6, 6.07) is 13.9. The van der Waals surface area contributed by atoms with Crippen LogP contribution in [0.1, 0.15) is 18.4 Å². The smallest absolute Gasteiger partial charge is 0.193 e. The van der Waals surface area contributed by atoms with Crippen LogP contribution in [0.3, 0.4) is 0 Å². The fourth-order valence-corrected chi connectivity index (χ4v) is 2.68. The molecule has 1 aromatic heterocycles. The molecule has 6 nitrogen and oxygen atoms in total. The van der Waals surface area contributed by atoms with Crippen molar-refractivity contribution in [2.24, 2.45) is 4.99 Å². The average molecular weight is 355 g/mol. The van der Waals surface area contributed by atoms with E-state index in [9.17, 15) is 0 Å². The molecule has 0 spiro atoms. The Morgan fingerprint density at radius 1 is 1.12 bits per heavy atom. The van der Waals surface area contributed by atoms with Gasteiger partial charge in [0.05, 0.1) is 7.11 Å². The first-order valence-electron chi connectivity index (χ1n) is 8.93. The number of guanidine groups is 1. The maximum absolute atomic E-state index is 5.42. The second kappa shape index (κ2) is 11.0. The first-order valence-corrected chi connectivity index (χ1v) is 8.93. The Kier molecular flexibility index (Phi) is 8.26. The zero-order chi connectivity index (χ0) is 18.6. The fraction of sp³-hybridized carbons (Fsp3) is 0.400. The molecule has 0 aliphatic heterocycles. The predicted molar refractivity (Wildman–Crippen MR) is 108 cm³/mol. The molecule has 0 radical (unpaired) electrons. The molecule has 6 heteroatoms. The minimum Gasteiger partial charge on any atom is -0.496 e. The molecular weight excluding hydrogens is 326 g/mol. The number of pyridine rings is 1. The lowest BCUT2D eigenvalue weighted by molar-refractivity contribution is 0.396. The van der Waals surface area contributed by atoms with Crippen molar-refractivity contribution >= 4 is 11.8 Å². The lowest BCUT2D eigenvalue weighted by atomic mass is 10.2. The number of hydrogen-bond donors (Lipinski definition) is 2. The van der Waals surface area contributed by atoms with E-state index in [2.05, 4.69) is 31.6 Å². The highest BCUT2D eigenvalue weighted by Gasteiger charge is 2.09. The monoisotopic (exact) mass is 355 g/mol. The predicted octanol–water partition coefficient (Wildman–Crippen LogP) is 2.99. The molecule has 2 N–H and O–H groups in total. The van der Waals surface area contributed by atoms with Crippen molar-refractivity contribution < 1.29 is 4.74 Å². The third-order valence-corrected chi connectivity index (χ3v) is 4.03. The van der Waals surface area contributed by atoms with Crippen molar-refractivity contribution in [2.75, 3.05) is 39.6 Å².